The Morgan fingerprint density at radius 1 is 1.10 bits per heavy atom. The minimum Gasteiger partial charge on any atom is -0.383 e. The van der Waals surface area contributed by atoms with Gasteiger partial charge in [-0.15, -0.1) is 0 Å². The van der Waals surface area contributed by atoms with Crippen LogP contribution in [0.5, 0.6) is 0 Å². The summed E-state index contributed by atoms with van der Waals surface area (Å²) in [5.74, 6) is 0.140. The number of aromatic nitrogens is 4. The van der Waals surface area contributed by atoms with Crippen LogP contribution in [0.4, 0.5) is 27.5 Å². The summed E-state index contributed by atoms with van der Waals surface area (Å²) in [7, 11) is 5.26. The van der Waals surface area contributed by atoms with Gasteiger partial charge in [0.15, 0.2) is 5.82 Å². The molecule has 1 atom stereocenters. The molecule has 1 fully saturated rings. The van der Waals surface area contributed by atoms with E-state index < -0.39 is 11.9 Å². The zero-order valence-corrected chi connectivity index (χ0v) is 23.3. The van der Waals surface area contributed by atoms with Gasteiger partial charge in [-0.05, 0) is 25.2 Å². The summed E-state index contributed by atoms with van der Waals surface area (Å²) in [5, 5.41) is 9.83. The molecule has 1 saturated heterocycles. The summed E-state index contributed by atoms with van der Waals surface area (Å²) < 4.78 is 25.4. The fourth-order valence-electron chi connectivity index (χ4n) is 4.77. The van der Waals surface area contributed by atoms with Crippen LogP contribution in [0.3, 0.4) is 0 Å². The van der Waals surface area contributed by atoms with Gasteiger partial charge in [-0.25, -0.2) is 19.3 Å². The molecule has 12 nitrogen and oxygen atoms in total. The Balaban J connectivity index is 1.36. The Hall–Kier alpha value is -4.17. The van der Waals surface area contributed by atoms with Crippen LogP contribution in [-0.2, 0) is 14.3 Å². The number of carbonyl (C=O) groups is 1. The normalized spacial score (nSPS) is 15.1. The monoisotopic (exact) mass is 563 g/mol. The molecule has 0 bridgehead atoms. The first kappa shape index (κ1) is 28.4. The van der Waals surface area contributed by atoms with Gasteiger partial charge in [0.1, 0.15) is 24.3 Å². The molecule has 41 heavy (non-hydrogen) atoms. The number of piperazine rings is 1. The number of rotatable bonds is 11. The molecular formula is C28H34FN9O3. The van der Waals surface area contributed by atoms with Gasteiger partial charge in [-0.2, -0.15) is 0 Å². The number of nitrogens with one attached hydrogen (secondary N) is 4. The molecule has 4 aromatic rings. The largest absolute Gasteiger partial charge is 0.383 e. The number of nitrogens with zero attached hydrogens (tertiary/aromatic N) is 5. The van der Waals surface area contributed by atoms with E-state index in [4.69, 9.17) is 9.47 Å². The van der Waals surface area contributed by atoms with Crippen LogP contribution < -0.4 is 16.0 Å². The first-order valence-corrected chi connectivity index (χ1v) is 13.3. The molecule has 1 amide bonds. The van der Waals surface area contributed by atoms with Crippen molar-refractivity contribution in [2.24, 2.45) is 0 Å². The first-order valence-electron chi connectivity index (χ1n) is 13.3. The number of ether oxygens (including phenoxy) is 2. The quantitative estimate of drug-likeness (QED) is 0.202. The van der Waals surface area contributed by atoms with Crippen molar-refractivity contribution in [3.63, 3.8) is 0 Å². The fraction of sp³-hybridized carbons (Fsp3) is 0.357. The number of benzene rings is 1. The van der Waals surface area contributed by atoms with Crippen LogP contribution in [-0.4, -0.2) is 102 Å². The number of carbonyl (C=O) groups excluding carboxylic acids is 1. The lowest BCUT2D eigenvalue weighted by molar-refractivity contribution is -0.124. The van der Waals surface area contributed by atoms with Gasteiger partial charge in [-0.3, -0.25) is 9.69 Å². The number of hydrogen-bond acceptors (Lipinski definition) is 10. The summed E-state index contributed by atoms with van der Waals surface area (Å²) in [6, 6.07) is 8.65. The second-order valence-electron chi connectivity index (χ2n) is 9.79. The van der Waals surface area contributed by atoms with Gasteiger partial charge >= 0.3 is 0 Å². The lowest BCUT2D eigenvalue weighted by atomic mass is 10.1. The van der Waals surface area contributed by atoms with E-state index in [1.807, 2.05) is 18.2 Å². The topological polar surface area (TPSA) is 133 Å². The third-order valence-corrected chi connectivity index (χ3v) is 7.00. The van der Waals surface area contributed by atoms with Gasteiger partial charge in [0.05, 0.1) is 35.9 Å². The minimum atomic E-state index is -0.571. The summed E-state index contributed by atoms with van der Waals surface area (Å²) in [4.78, 5) is 33.8. The van der Waals surface area contributed by atoms with E-state index in [-0.39, 0.29) is 24.2 Å². The number of para-hydroxylation sites is 1. The Morgan fingerprint density at radius 2 is 1.93 bits per heavy atom. The number of aromatic amines is 1. The number of anilines is 4. The molecule has 5 rings (SSSR count). The van der Waals surface area contributed by atoms with Gasteiger partial charge in [0, 0.05) is 57.5 Å². The molecule has 1 aliphatic heterocycles. The van der Waals surface area contributed by atoms with Crippen molar-refractivity contribution in [3.05, 3.63) is 54.7 Å². The molecule has 216 valence electrons. The Morgan fingerprint density at radius 3 is 2.66 bits per heavy atom. The minimum absolute atomic E-state index is 0.123. The van der Waals surface area contributed by atoms with Crippen LogP contribution in [0.1, 0.15) is 0 Å². The lowest BCUT2D eigenvalue weighted by Crippen LogP contribution is -2.54. The first-order chi connectivity index (χ1) is 20.0. The lowest BCUT2D eigenvalue weighted by Gasteiger charge is -2.36. The summed E-state index contributed by atoms with van der Waals surface area (Å²) >= 11 is 0. The van der Waals surface area contributed by atoms with Crippen molar-refractivity contribution < 1.29 is 18.7 Å². The van der Waals surface area contributed by atoms with E-state index in [9.17, 15) is 4.79 Å². The van der Waals surface area contributed by atoms with Gasteiger partial charge in [0.25, 0.3) is 0 Å². The number of fused-ring (bicyclic) bond motifs is 1. The van der Waals surface area contributed by atoms with Crippen molar-refractivity contribution in [1.29, 1.82) is 0 Å². The van der Waals surface area contributed by atoms with Crippen LogP contribution in [0, 0.1) is 5.82 Å². The third-order valence-electron chi connectivity index (χ3n) is 7.00. The zero-order chi connectivity index (χ0) is 28.8. The molecule has 13 heteroatoms. The highest BCUT2D eigenvalue weighted by Crippen LogP contribution is 2.33. The Bertz CT molecular complexity index is 1470. The van der Waals surface area contributed by atoms with Gasteiger partial charge in [0.2, 0.25) is 11.9 Å². The fourth-order valence-corrected chi connectivity index (χ4v) is 4.77. The Labute approximate surface area is 237 Å². The summed E-state index contributed by atoms with van der Waals surface area (Å²) in [6.45, 7) is 3.96. The number of likely N-dealkylation sites (N-methyl/N-ethyl adjacent to an activating group) is 1. The number of amides is 1. The highest BCUT2D eigenvalue weighted by Gasteiger charge is 2.29. The molecule has 0 aliphatic carbocycles. The van der Waals surface area contributed by atoms with E-state index in [1.54, 1.807) is 38.7 Å². The average molecular weight is 564 g/mol. The molecule has 0 saturated carbocycles. The zero-order valence-electron chi connectivity index (χ0n) is 23.3. The predicted octanol–water partition coefficient (Wildman–Crippen LogP) is 3.12. The predicted molar refractivity (Wildman–Crippen MR) is 156 cm³/mol. The van der Waals surface area contributed by atoms with Crippen molar-refractivity contribution >= 4 is 40.0 Å². The maximum Gasteiger partial charge on any atom is 0.244 e. The highest BCUT2D eigenvalue weighted by atomic mass is 19.1. The maximum atomic E-state index is 15.0. The van der Waals surface area contributed by atoms with Crippen LogP contribution in [0.15, 0.2) is 48.9 Å². The molecule has 0 spiro atoms. The number of pyridine rings is 1. The number of H-pyrrole nitrogens is 1. The Kier molecular flexibility index (Phi) is 8.99. The number of halogens is 1. The molecule has 4 heterocycles. The summed E-state index contributed by atoms with van der Waals surface area (Å²) in [6.07, 6.45) is 4.42. The van der Waals surface area contributed by atoms with Crippen LogP contribution in [0.2, 0.25) is 0 Å². The smallest absolute Gasteiger partial charge is 0.244 e. The second kappa shape index (κ2) is 13.0. The van der Waals surface area contributed by atoms with E-state index in [2.05, 4.69) is 52.7 Å². The number of hydrogen-bond donors (Lipinski definition) is 4. The van der Waals surface area contributed by atoms with Crippen LogP contribution >= 0.6 is 0 Å². The molecule has 3 aromatic heterocycles. The van der Waals surface area contributed by atoms with E-state index >= 15 is 4.39 Å². The standard InChI is InChI=1S/C28H34FN9O3/c1-37-9-11-38(12-10-37)23(16-40-2)27(39)35-22-6-4-5-19-20(14-31-26(19)22)25-21(29)15-32-28(36-25)34-18-7-8-24(30-13-18)33-17-41-3/h4-8,13-15,23,31H,9-12,16-17H2,1-3H3,(H,30,33)(H,35,39)(H,32,34,36)/t23-/m1/s1. The molecule has 4 N–H and O–H groups in total. The molecule has 0 unspecified atom stereocenters. The molecule has 1 aliphatic rings. The SMILES string of the molecule is COCNc1ccc(Nc2ncc(F)c(-c3c[nH]c4c(NC(=O)[C@@H](COC)N5CCN(C)CC5)cccc34)n2)cn1. The van der Waals surface area contributed by atoms with Crippen molar-refractivity contribution in [2.75, 3.05) is 76.7 Å². The van der Waals surface area contributed by atoms with E-state index in [0.29, 0.717) is 40.4 Å². The van der Waals surface area contributed by atoms with E-state index in [0.717, 1.165) is 32.4 Å². The van der Waals surface area contributed by atoms with E-state index in [1.165, 1.54) is 0 Å². The van der Waals surface area contributed by atoms with Gasteiger partial charge < -0.3 is 35.3 Å². The maximum absolute atomic E-state index is 15.0. The molecule has 0 radical (unpaired) electrons. The second-order valence-corrected chi connectivity index (χ2v) is 9.79. The average Bonchev–Trinajstić information content (AvgIpc) is 3.42. The van der Waals surface area contributed by atoms with Crippen molar-refractivity contribution in [2.45, 2.75) is 6.04 Å². The van der Waals surface area contributed by atoms with Crippen molar-refractivity contribution in [3.8, 4) is 11.3 Å². The highest BCUT2D eigenvalue weighted by molar-refractivity contribution is 6.06. The van der Waals surface area contributed by atoms with Crippen molar-refractivity contribution in [1.82, 2.24) is 29.7 Å². The molecule has 1 aromatic carbocycles. The van der Waals surface area contributed by atoms with Gasteiger partial charge in [-0.1, -0.05) is 12.1 Å². The third kappa shape index (κ3) is 6.60. The van der Waals surface area contributed by atoms with Crippen LogP contribution in [0.25, 0.3) is 22.2 Å². The summed E-state index contributed by atoms with van der Waals surface area (Å²) in [5.41, 5.74) is 2.57. The molecular weight excluding hydrogens is 529 g/mol. The number of methoxy groups -OCH3 is 2.